The Kier molecular flexibility index (Phi) is 11.3. The molecule has 0 saturated heterocycles. The average Bonchev–Trinajstić information content (AvgIpc) is 2.59. The first kappa shape index (κ1) is 19.7. The van der Waals surface area contributed by atoms with E-state index >= 15 is 0 Å². The second-order valence-electron chi connectivity index (χ2n) is 6.57. The highest BCUT2D eigenvalue weighted by Crippen LogP contribution is 2.15. The van der Waals surface area contributed by atoms with Crippen molar-refractivity contribution < 1.29 is 9.53 Å². The van der Waals surface area contributed by atoms with E-state index in [1.54, 1.807) is 0 Å². The van der Waals surface area contributed by atoms with E-state index < -0.39 is 0 Å². The Morgan fingerprint density at radius 3 is 2.09 bits per heavy atom. The van der Waals surface area contributed by atoms with Crippen LogP contribution in [-0.2, 0) is 9.53 Å². The lowest BCUT2D eigenvalue weighted by atomic mass is 10.0. The van der Waals surface area contributed by atoms with Gasteiger partial charge in [0.1, 0.15) is 0 Å². The van der Waals surface area contributed by atoms with E-state index in [0.717, 1.165) is 12.8 Å². The van der Waals surface area contributed by atoms with Crippen LogP contribution < -0.4 is 0 Å². The van der Waals surface area contributed by atoms with E-state index in [4.69, 9.17) is 4.74 Å². The molecule has 0 aliphatic carbocycles. The van der Waals surface area contributed by atoms with Gasteiger partial charge in [-0.2, -0.15) is 0 Å². The molecule has 0 aliphatic rings. The predicted molar refractivity (Wildman–Crippen MR) is 97.7 cm³/mol. The second kappa shape index (κ2) is 13.2. The van der Waals surface area contributed by atoms with Gasteiger partial charge in [-0.25, -0.2) is 0 Å². The van der Waals surface area contributed by atoms with Gasteiger partial charge in [0.25, 0.3) is 0 Å². The third-order valence-corrected chi connectivity index (χ3v) is 4.35. The van der Waals surface area contributed by atoms with Gasteiger partial charge in [0.15, 0.2) is 0 Å². The molecular weight excluding hydrogens is 284 g/mol. The fourth-order valence-electron chi connectivity index (χ4n) is 2.75. The lowest BCUT2D eigenvalue weighted by Gasteiger charge is -2.12. The van der Waals surface area contributed by atoms with Crippen LogP contribution in [0.3, 0.4) is 0 Å². The first-order valence-electron chi connectivity index (χ1n) is 9.44. The summed E-state index contributed by atoms with van der Waals surface area (Å²) in [6, 6.07) is 10.2. The van der Waals surface area contributed by atoms with E-state index in [2.05, 4.69) is 26.0 Å². The molecule has 0 heterocycles. The van der Waals surface area contributed by atoms with Gasteiger partial charge in [-0.05, 0) is 12.0 Å². The van der Waals surface area contributed by atoms with Gasteiger partial charge in [0.2, 0.25) is 0 Å². The summed E-state index contributed by atoms with van der Waals surface area (Å²) in [5.74, 6) is 0.221. The molecule has 0 radical (unpaired) electrons. The largest absolute Gasteiger partial charge is 0.465 e. The van der Waals surface area contributed by atoms with E-state index in [-0.39, 0.29) is 11.9 Å². The highest BCUT2D eigenvalue weighted by atomic mass is 16.5. The second-order valence-corrected chi connectivity index (χ2v) is 6.57. The number of rotatable bonds is 13. The Hall–Kier alpha value is -1.31. The van der Waals surface area contributed by atoms with Gasteiger partial charge in [0, 0.05) is 12.3 Å². The lowest BCUT2D eigenvalue weighted by molar-refractivity contribution is -0.144. The van der Waals surface area contributed by atoms with Crippen LogP contribution in [0.5, 0.6) is 0 Å². The molecule has 1 rings (SSSR count). The monoisotopic (exact) mass is 318 g/mol. The average molecular weight is 319 g/mol. The van der Waals surface area contributed by atoms with Gasteiger partial charge in [0.05, 0.1) is 6.61 Å². The fraction of sp³-hybridized carbons (Fsp3) is 0.667. The SMILES string of the molecule is CCCCCCCCCCCC(=O)OC[C@@H](C)c1ccccc1. The van der Waals surface area contributed by atoms with E-state index in [9.17, 15) is 4.79 Å². The molecule has 0 amide bonds. The van der Waals surface area contributed by atoms with Crippen molar-refractivity contribution >= 4 is 5.97 Å². The van der Waals surface area contributed by atoms with E-state index in [1.165, 1.54) is 50.5 Å². The number of carbonyl (C=O) groups is 1. The zero-order valence-corrected chi connectivity index (χ0v) is 15.1. The molecule has 1 atom stereocenters. The molecule has 130 valence electrons. The highest BCUT2D eigenvalue weighted by molar-refractivity contribution is 5.69. The van der Waals surface area contributed by atoms with Crippen molar-refractivity contribution in [2.45, 2.75) is 84.0 Å². The minimum atomic E-state index is -0.0456. The summed E-state index contributed by atoms with van der Waals surface area (Å²) in [6.07, 6.45) is 12.0. The van der Waals surface area contributed by atoms with E-state index in [0.29, 0.717) is 13.0 Å². The molecule has 1 aromatic carbocycles. The predicted octanol–water partition coefficient (Wildman–Crippen LogP) is 6.25. The molecule has 1 aromatic rings. The molecule has 0 fully saturated rings. The summed E-state index contributed by atoms with van der Waals surface area (Å²) in [5, 5.41) is 0. The van der Waals surface area contributed by atoms with Crippen LogP contribution in [0.25, 0.3) is 0 Å². The maximum atomic E-state index is 11.8. The highest BCUT2D eigenvalue weighted by Gasteiger charge is 2.08. The minimum absolute atomic E-state index is 0.0456. The van der Waals surface area contributed by atoms with Crippen molar-refractivity contribution in [3.05, 3.63) is 35.9 Å². The molecule has 0 N–H and O–H groups in total. The maximum absolute atomic E-state index is 11.8. The van der Waals surface area contributed by atoms with Crippen LogP contribution in [0.1, 0.15) is 89.5 Å². The zero-order valence-electron chi connectivity index (χ0n) is 15.1. The smallest absolute Gasteiger partial charge is 0.305 e. The molecule has 0 aliphatic heterocycles. The van der Waals surface area contributed by atoms with Crippen LogP contribution in [0.2, 0.25) is 0 Å². The van der Waals surface area contributed by atoms with Crippen molar-refractivity contribution in [2.75, 3.05) is 6.61 Å². The van der Waals surface area contributed by atoms with E-state index in [1.807, 2.05) is 18.2 Å². The molecule has 0 aromatic heterocycles. The fourth-order valence-corrected chi connectivity index (χ4v) is 2.75. The van der Waals surface area contributed by atoms with Crippen molar-refractivity contribution in [3.63, 3.8) is 0 Å². The van der Waals surface area contributed by atoms with Crippen LogP contribution in [0.15, 0.2) is 30.3 Å². The van der Waals surface area contributed by atoms with Gasteiger partial charge in [-0.15, -0.1) is 0 Å². The number of benzene rings is 1. The standard InChI is InChI=1S/C21H34O2/c1-3-4-5-6-7-8-9-10-14-17-21(22)23-18-19(2)20-15-12-11-13-16-20/h11-13,15-16,19H,3-10,14,17-18H2,1-2H3/t19-/m1/s1. The Morgan fingerprint density at radius 2 is 1.48 bits per heavy atom. The number of hydrogen-bond acceptors (Lipinski definition) is 2. The van der Waals surface area contributed by atoms with Crippen molar-refractivity contribution in [1.29, 1.82) is 0 Å². The summed E-state index contributed by atoms with van der Waals surface area (Å²) >= 11 is 0. The third-order valence-electron chi connectivity index (χ3n) is 4.35. The molecule has 0 spiro atoms. The van der Waals surface area contributed by atoms with Gasteiger partial charge >= 0.3 is 5.97 Å². The Labute approximate surface area is 142 Å². The number of unbranched alkanes of at least 4 members (excludes halogenated alkanes) is 8. The van der Waals surface area contributed by atoms with Crippen LogP contribution in [-0.4, -0.2) is 12.6 Å². The van der Waals surface area contributed by atoms with Crippen LogP contribution in [0, 0.1) is 0 Å². The van der Waals surface area contributed by atoms with Crippen LogP contribution >= 0.6 is 0 Å². The molecule has 0 saturated carbocycles. The summed E-state index contributed by atoms with van der Waals surface area (Å²) in [7, 11) is 0. The quantitative estimate of drug-likeness (QED) is 0.317. The molecule has 0 unspecified atom stereocenters. The van der Waals surface area contributed by atoms with Crippen molar-refractivity contribution in [1.82, 2.24) is 0 Å². The number of esters is 1. The summed E-state index contributed by atoms with van der Waals surface area (Å²) < 4.78 is 5.39. The molecule has 2 heteroatoms. The first-order valence-corrected chi connectivity index (χ1v) is 9.44. The molecule has 0 bridgehead atoms. The molecule has 23 heavy (non-hydrogen) atoms. The minimum Gasteiger partial charge on any atom is -0.465 e. The number of carbonyl (C=O) groups excluding carboxylic acids is 1. The molecular formula is C21H34O2. The number of ether oxygens (including phenoxy) is 1. The Balaban J connectivity index is 1.96. The summed E-state index contributed by atoms with van der Waals surface area (Å²) in [4.78, 5) is 11.8. The normalized spacial score (nSPS) is 12.1. The lowest BCUT2D eigenvalue weighted by Crippen LogP contribution is -2.10. The van der Waals surface area contributed by atoms with Crippen molar-refractivity contribution in [3.8, 4) is 0 Å². The van der Waals surface area contributed by atoms with Crippen LogP contribution in [0.4, 0.5) is 0 Å². The van der Waals surface area contributed by atoms with Gasteiger partial charge < -0.3 is 4.74 Å². The maximum Gasteiger partial charge on any atom is 0.305 e. The van der Waals surface area contributed by atoms with Gasteiger partial charge in [-0.3, -0.25) is 4.79 Å². The number of hydrogen-bond donors (Lipinski definition) is 0. The zero-order chi connectivity index (χ0) is 16.8. The van der Waals surface area contributed by atoms with Crippen molar-refractivity contribution in [2.24, 2.45) is 0 Å². The molecule has 2 nitrogen and oxygen atoms in total. The summed E-state index contributed by atoms with van der Waals surface area (Å²) in [5.41, 5.74) is 1.23. The first-order chi connectivity index (χ1) is 11.2. The Morgan fingerprint density at radius 1 is 0.913 bits per heavy atom. The third kappa shape index (κ3) is 10.1. The topological polar surface area (TPSA) is 26.3 Å². The van der Waals surface area contributed by atoms with Gasteiger partial charge in [-0.1, -0.05) is 95.5 Å². The Bertz CT molecular complexity index is 400. The summed E-state index contributed by atoms with van der Waals surface area (Å²) in [6.45, 7) is 4.83.